The van der Waals surface area contributed by atoms with Gasteiger partial charge in [0.25, 0.3) is 5.69 Å². The standard InChI is InChI=1S/C22H23N3O6/c1-4-30-18-10-16(21-20(14(3)26)13(2)23-22(27)24-21)17(25(28)29)11-19(18)31-12-15-8-6-5-7-9-15/h5-11,21H,4,12H2,1-3H3,(H2,23,24,27)/t21-/m1/s1. The Bertz CT molecular complexity index is 1050. The number of Topliss-reactive ketones (excluding diaryl/α,β-unsaturated/α-hetero) is 1. The number of hydrogen-bond donors (Lipinski definition) is 2. The molecule has 3 rings (SSSR count). The van der Waals surface area contributed by atoms with E-state index in [1.807, 2.05) is 30.3 Å². The number of ether oxygens (including phenoxy) is 2. The van der Waals surface area contributed by atoms with Gasteiger partial charge < -0.3 is 20.1 Å². The lowest BCUT2D eigenvalue weighted by molar-refractivity contribution is -0.385. The number of nitrogens with one attached hydrogen (secondary N) is 2. The Labute approximate surface area is 179 Å². The van der Waals surface area contributed by atoms with Gasteiger partial charge in [-0.25, -0.2) is 4.79 Å². The summed E-state index contributed by atoms with van der Waals surface area (Å²) in [7, 11) is 0. The van der Waals surface area contributed by atoms with E-state index >= 15 is 0 Å². The first-order chi connectivity index (χ1) is 14.8. The van der Waals surface area contributed by atoms with E-state index in [0.717, 1.165) is 5.56 Å². The molecule has 2 amide bonds. The highest BCUT2D eigenvalue weighted by molar-refractivity contribution is 5.98. The molecule has 2 aromatic carbocycles. The average Bonchev–Trinajstić information content (AvgIpc) is 2.72. The number of benzene rings is 2. The van der Waals surface area contributed by atoms with Gasteiger partial charge in [-0.15, -0.1) is 0 Å². The second-order valence-electron chi connectivity index (χ2n) is 6.95. The fourth-order valence-corrected chi connectivity index (χ4v) is 3.46. The summed E-state index contributed by atoms with van der Waals surface area (Å²) in [5, 5.41) is 17.0. The van der Waals surface area contributed by atoms with Crippen LogP contribution in [0.15, 0.2) is 53.7 Å². The number of carbonyl (C=O) groups excluding carboxylic acids is 2. The smallest absolute Gasteiger partial charge is 0.319 e. The Morgan fingerprint density at radius 2 is 1.84 bits per heavy atom. The molecule has 0 fully saturated rings. The van der Waals surface area contributed by atoms with Crippen LogP contribution < -0.4 is 20.1 Å². The molecule has 1 heterocycles. The molecular weight excluding hydrogens is 402 g/mol. The molecule has 0 aliphatic carbocycles. The molecule has 1 atom stereocenters. The normalized spacial score (nSPS) is 15.7. The molecule has 0 bridgehead atoms. The van der Waals surface area contributed by atoms with Crippen LogP contribution in [-0.2, 0) is 11.4 Å². The number of rotatable bonds is 8. The summed E-state index contributed by atoms with van der Waals surface area (Å²) in [5.41, 5.74) is 1.32. The Morgan fingerprint density at radius 1 is 1.16 bits per heavy atom. The molecule has 31 heavy (non-hydrogen) atoms. The number of carbonyl (C=O) groups is 2. The highest BCUT2D eigenvalue weighted by atomic mass is 16.6. The molecule has 1 aliphatic heterocycles. The maximum absolute atomic E-state index is 12.2. The minimum absolute atomic E-state index is 0.139. The number of allylic oxidation sites excluding steroid dienone is 1. The van der Waals surface area contributed by atoms with Crippen molar-refractivity contribution in [2.75, 3.05) is 6.61 Å². The van der Waals surface area contributed by atoms with Gasteiger partial charge in [-0.3, -0.25) is 14.9 Å². The molecule has 0 aromatic heterocycles. The van der Waals surface area contributed by atoms with Crippen molar-refractivity contribution in [2.45, 2.75) is 33.4 Å². The molecule has 0 radical (unpaired) electrons. The number of hydrogen-bond acceptors (Lipinski definition) is 6. The van der Waals surface area contributed by atoms with Crippen LogP contribution in [0.3, 0.4) is 0 Å². The third-order valence-corrected chi connectivity index (χ3v) is 4.79. The minimum atomic E-state index is -0.992. The summed E-state index contributed by atoms with van der Waals surface area (Å²) in [6, 6.07) is 10.5. The van der Waals surface area contributed by atoms with Gasteiger partial charge >= 0.3 is 6.03 Å². The van der Waals surface area contributed by atoms with Gasteiger partial charge in [0.1, 0.15) is 6.61 Å². The second-order valence-corrected chi connectivity index (χ2v) is 6.95. The quantitative estimate of drug-likeness (QED) is 0.490. The highest BCUT2D eigenvalue weighted by Crippen LogP contribution is 2.41. The number of nitrogens with zero attached hydrogens (tertiary/aromatic N) is 1. The average molecular weight is 425 g/mol. The first kappa shape index (κ1) is 21.8. The van der Waals surface area contributed by atoms with Crippen molar-refractivity contribution in [1.29, 1.82) is 0 Å². The van der Waals surface area contributed by atoms with Crippen LogP contribution in [0.25, 0.3) is 0 Å². The lowest BCUT2D eigenvalue weighted by Crippen LogP contribution is -2.44. The maximum atomic E-state index is 12.2. The van der Waals surface area contributed by atoms with Gasteiger partial charge in [0.15, 0.2) is 17.3 Å². The summed E-state index contributed by atoms with van der Waals surface area (Å²) in [6.45, 7) is 5.19. The van der Waals surface area contributed by atoms with Crippen molar-refractivity contribution in [3.05, 3.63) is 75.0 Å². The molecule has 0 saturated carbocycles. The lowest BCUT2D eigenvalue weighted by Gasteiger charge is -2.28. The SMILES string of the molecule is CCOc1cc([C@H]2NC(=O)NC(C)=C2C(C)=O)c([N+](=O)[O-])cc1OCc1ccccc1. The zero-order chi connectivity index (χ0) is 22.5. The van der Waals surface area contributed by atoms with Crippen LogP contribution in [0.2, 0.25) is 0 Å². The second kappa shape index (κ2) is 9.29. The zero-order valence-electron chi connectivity index (χ0n) is 17.4. The number of nitro groups is 1. The molecule has 0 unspecified atom stereocenters. The predicted octanol–water partition coefficient (Wildman–Crippen LogP) is 3.79. The first-order valence-corrected chi connectivity index (χ1v) is 9.72. The summed E-state index contributed by atoms with van der Waals surface area (Å²) in [6.07, 6.45) is 0. The zero-order valence-corrected chi connectivity index (χ0v) is 17.4. The van der Waals surface area contributed by atoms with E-state index in [9.17, 15) is 19.7 Å². The maximum Gasteiger partial charge on any atom is 0.319 e. The molecule has 0 saturated heterocycles. The molecule has 2 N–H and O–H groups in total. The molecular formula is C22H23N3O6. The van der Waals surface area contributed by atoms with Crippen LogP contribution in [0.4, 0.5) is 10.5 Å². The van der Waals surface area contributed by atoms with Crippen LogP contribution in [-0.4, -0.2) is 23.3 Å². The number of nitro benzene ring substituents is 1. The van der Waals surface area contributed by atoms with E-state index in [-0.39, 0.29) is 40.7 Å². The van der Waals surface area contributed by atoms with E-state index in [0.29, 0.717) is 12.3 Å². The number of urea groups is 1. The van der Waals surface area contributed by atoms with E-state index in [2.05, 4.69) is 10.6 Å². The van der Waals surface area contributed by atoms with E-state index in [1.54, 1.807) is 13.8 Å². The molecule has 1 aliphatic rings. The van der Waals surface area contributed by atoms with Gasteiger partial charge in [-0.05, 0) is 32.4 Å². The van der Waals surface area contributed by atoms with Crippen LogP contribution in [0.1, 0.15) is 37.9 Å². The van der Waals surface area contributed by atoms with Crippen molar-refractivity contribution in [3.8, 4) is 11.5 Å². The summed E-state index contributed by atoms with van der Waals surface area (Å²) in [5.74, 6) is 0.172. The number of ketones is 1. The Morgan fingerprint density at radius 3 is 2.45 bits per heavy atom. The highest BCUT2D eigenvalue weighted by Gasteiger charge is 2.35. The largest absolute Gasteiger partial charge is 0.490 e. The van der Waals surface area contributed by atoms with Gasteiger partial charge in [0.05, 0.1) is 29.2 Å². The van der Waals surface area contributed by atoms with E-state index < -0.39 is 17.0 Å². The summed E-state index contributed by atoms with van der Waals surface area (Å²) < 4.78 is 11.5. The van der Waals surface area contributed by atoms with Gasteiger partial charge in [0, 0.05) is 11.3 Å². The topological polar surface area (TPSA) is 120 Å². The molecule has 9 nitrogen and oxygen atoms in total. The van der Waals surface area contributed by atoms with Crippen molar-refractivity contribution < 1.29 is 24.0 Å². The van der Waals surface area contributed by atoms with Crippen LogP contribution in [0, 0.1) is 10.1 Å². The van der Waals surface area contributed by atoms with Gasteiger partial charge in [0.2, 0.25) is 0 Å². The van der Waals surface area contributed by atoms with Crippen LogP contribution >= 0.6 is 0 Å². The summed E-state index contributed by atoms with van der Waals surface area (Å²) in [4.78, 5) is 35.6. The Balaban J connectivity index is 2.09. The minimum Gasteiger partial charge on any atom is -0.490 e. The Kier molecular flexibility index (Phi) is 6.54. The van der Waals surface area contributed by atoms with Crippen LogP contribution in [0.5, 0.6) is 11.5 Å². The van der Waals surface area contributed by atoms with Crippen molar-refractivity contribution in [1.82, 2.24) is 10.6 Å². The van der Waals surface area contributed by atoms with Gasteiger partial charge in [-0.1, -0.05) is 30.3 Å². The molecule has 2 aromatic rings. The number of amides is 2. The molecule has 0 spiro atoms. The van der Waals surface area contributed by atoms with E-state index in [4.69, 9.17) is 9.47 Å². The van der Waals surface area contributed by atoms with Gasteiger partial charge in [-0.2, -0.15) is 0 Å². The Hall–Kier alpha value is -3.88. The first-order valence-electron chi connectivity index (χ1n) is 9.72. The van der Waals surface area contributed by atoms with Crippen molar-refractivity contribution >= 4 is 17.5 Å². The fourth-order valence-electron chi connectivity index (χ4n) is 3.46. The summed E-state index contributed by atoms with van der Waals surface area (Å²) >= 11 is 0. The van der Waals surface area contributed by atoms with Crippen molar-refractivity contribution in [2.24, 2.45) is 0 Å². The third-order valence-electron chi connectivity index (χ3n) is 4.79. The van der Waals surface area contributed by atoms with Crippen molar-refractivity contribution in [3.63, 3.8) is 0 Å². The van der Waals surface area contributed by atoms with E-state index in [1.165, 1.54) is 19.1 Å². The monoisotopic (exact) mass is 425 g/mol. The fraction of sp³-hybridized carbons (Fsp3) is 0.273. The predicted molar refractivity (Wildman–Crippen MR) is 113 cm³/mol. The molecule has 9 heteroatoms. The lowest BCUT2D eigenvalue weighted by atomic mass is 9.91. The molecule has 162 valence electrons. The third kappa shape index (κ3) is 4.82.